The lowest BCUT2D eigenvalue weighted by Crippen LogP contribution is -2.12. The largest absolute Gasteiger partial charge is 0.507 e. The summed E-state index contributed by atoms with van der Waals surface area (Å²) in [6, 6.07) is 3.56. The molecule has 0 amide bonds. The van der Waals surface area contributed by atoms with Gasteiger partial charge in [0.1, 0.15) is 5.75 Å². The van der Waals surface area contributed by atoms with Gasteiger partial charge in [0.2, 0.25) is 0 Å². The first kappa shape index (κ1) is 18.5. The van der Waals surface area contributed by atoms with Crippen LogP contribution >= 0.6 is 0 Å². The highest BCUT2D eigenvalue weighted by molar-refractivity contribution is 5.42. The molecule has 0 aliphatic carbocycles. The lowest BCUT2D eigenvalue weighted by Gasteiger charge is -2.12. The van der Waals surface area contributed by atoms with Gasteiger partial charge in [-0.3, -0.25) is 0 Å². The van der Waals surface area contributed by atoms with E-state index in [2.05, 4.69) is 5.73 Å². The van der Waals surface area contributed by atoms with Crippen molar-refractivity contribution in [2.24, 2.45) is 0 Å². The van der Waals surface area contributed by atoms with Crippen LogP contribution in [0.15, 0.2) is 29.5 Å². The first-order valence-corrected chi connectivity index (χ1v) is 7.59. The van der Waals surface area contributed by atoms with Crippen LogP contribution in [0.3, 0.4) is 0 Å². The van der Waals surface area contributed by atoms with Gasteiger partial charge in [-0.25, -0.2) is 0 Å². The average Bonchev–Trinajstić information content (AvgIpc) is 2.50. The van der Waals surface area contributed by atoms with Crippen molar-refractivity contribution in [3.05, 3.63) is 46.2 Å². The van der Waals surface area contributed by atoms with E-state index in [4.69, 9.17) is 5.11 Å². The van der Waals surface area contributed by atoms with Gasteiger partial charge in [-0.1, -0.05) is 6.92 Å². The summed E-state index contributed by atoms with van der Waals surface area (Å²) >= 11 is 0. The molecule has 4 N–H and O–H groups in total. The third-order valence-electron chi connectivity index (χ3n) is 3.67. The minimum absolute atomic E-state index is 0.262. The normalized spacial score (nSPS) is 13.4. The Bertz CT molecular complexity index is 533. The van der Waals surface area contributed by atoms with Gasteiger partial charge in [0, 0.05) is 12.8 Å². The van der Waals surface area contributed by atoms with E-state index in [0.29, 0.717) is 12.8 Å². The number of aryl methyl sites for hydroxylation is 2. The number of benzene rings is 1. The van der Waals surface area contributed by atoms with E-state index in [1.165, 1.54) is 0 Å². The molecule has 22 heavy (non-hydrogen) atoms. The zero-order chi connectivity index (χ0) is 16.7. The fourth-order valence-corrected chi connectivity index (χ4v) is 2.29. The van der Waals surface area contributed by atoms with Gasteiger partial charge in [-0.2, -0.15) is 0 Å². The lowest BCUT2D eigenvalue weighted by molar-refractivity contribution is 0.0950. The molecular formula is C18H26O4. The van der Waals surface area contributed by atoms with Crippen LogP contribution in [0.4, 0.5) is 0 Å². The molecule has 122 valence electrons. The van der Waals surface area contributed by atoms with E-state index >= 15 is 0 Å². The molecule has 4 nitrogen and oxygen atoms in total. The molecule has 0 aromatic heterocycles. The molecule has 0 aliphatic rings. The van der Waals surface area contributed by atoms with Crippen molar-refractivity contribution < 1.29 is 20.4 Å². The molecule has 0 bridgehead atoms. The molecular weight excluding hydrogens is 280 g/mol. The predicted octanol–water partition coefficient (Wildman–Crippen LogP) is 2.67. The van der Waals surface area contributed by atoms with E-state index in [0.717, 1.165) is 28.7 Å². The van der Waals surface area contributed by atoms with Gasteiger partial charge in [0.05, 0.1) is 18.8 Å². The Morgan fingerprint density at radius 1 is 1.23 bits per heavy atom. The summed E-state index contributed by atoms with van der Waals surface area (Å²) in [4.78, 5) is 0. The van der Waals surface area contributed by atoms with Crippen LogP contribution in [0.5, 0.6) is 5.75 Å². The van der Waals surface area contributed by atoms with Gasteiger partial charge < -0.3 is 20.4 Å². The fraction of sp³-hybridized carbons (Fsp3) is 0.500. The highest BCUT2D eigenvalue weighted by atomic mass is 16.3. The molecule has 0 radical (unpaired) electrons. The Labute approximate surface area is 132 Å². The Morgan fingerprint density at radius 3 is 2.32 bits per heavy atom. The van der Waals surface area contributed by atoms with E-state index < -0.39 is 12.2 Å². The molecule has 0 aliphatic heterocycles. The standard InChI is InChI=1S/C18H26O4/c1-4-14(10-16(20)11-19)6-5-7-17(21)15-8-12(2)18(22)13(3)9-15/h5,8-9,16-17,19-22H,4,7,10-11H2,1-3H3/t6?,16-,17-/m1/s1. The number of aliphatic hydroxyl groups excluding tert-OH is 3. The summed E-state index contributed by atoms with van der Waals surface area (Å²) in [7, 11) is 0. The summed E-state index contributed by atoms with van der Waals surface area (Å²) in [5.74, 6) is 0.262. The number of hydrogen-bond donors (Lipinski definition) is 4. The van der Waals surface area contributed by atoms with Crippen LogP contribution < -0.4 is 0 Å². The maximum Gasteiger partial charge on any atom is 0.121 e. The molecule has 1 rings (SSSR count). The molecule has 4 heteroatoms. The van der Waals surface area contributed by atoms with Crippen LogP contribution in [0.2, 0.25) is 0 Å². The summed E-state index contributed by atoms with van der Waals surface area (Å²) in [6.45, 7) is 5.31. The Balaban J connectivity index is 2.80. The molecule has 0 saturated carbocycles. The summed E-state index contributed by atoms with van der Waals surface area (Å²) < 4.78 is 0. The summed E-state index contributed by atoms with van der Waals surface area (Å²) in [5.41, 5.74) is 6.25. The molecule has 0 saturated heterocycles. The second-order valence-electron chi connectivity index (χ2n) is 5.60. The zero-order valence-corrected chi connectivity index (χ0v) is 13.5. The molecule has 1 aromatic rings. The van der Waals surface area contributed by atoms with Crippen LogP contribution in [0.1, 0.15) is 49.0 Å². The molecule has 0 unspecified atom stereocenters. The molecule has 1 aromatic carbocycles. The van der Waals surface area contributed by atoms with Gasteiger partial charge in [0.25, 0.3) is 0 Å². The SMILES string of the molecule is CCC(=C=CC[C@@H](O)c1cc(C)c(O)c(C)c1)C[C@@H](O)CO. The van der Waals surface area contributed by atoms with Crippen molar-refractivity contribution in [2.45, 2.75) is 52.2 Å². The van der Waals surface area contributed by atoms with E-state index in [1.807, 2.05) is 6.92 Å². The summed E-state index contributed by atoms with van der Waals surface area (Å²) in [5, 5.41) is 38.3. The number of phenolic OH excluding ortho intramolecular Hbond substituents is 1. The van der Waals surface area contributed by atoms with Crippen LogP contribution in [0.25, 0.3) is 0 Å². The molecule has 0 heterocycles. The smallest absolute Gasteiger partial charge is 0.121 e. The van der Waals surface area contributed by atoms with Gasteiger partial charge >= 0.3 is 0 Å². The van der Waals surface area contributed by atoms with Gasteiger partial charge in [-0.05, 0) is 60.7 Å². The Kier molecular flexibility index (Phi) is 7.36. The maximum absolute atomic E-state index is 10.2. The van der Waals surface area contributed by atoms with Crippen molar-refractivity contribution in [2.75, 3.05) is 6.61 Å². The van der Waals surface area contributed by atoms with Gasteiger partial charge in [0.15, 0.2) is 0 Å². The first-order valence-electron chi connectivity index (χ1n) is 7.59. The molecule has 0 spiro atoms. The van der Waals surface area contributed by atoms with E-state index in [9.17, 15) is 15.3 Å². The van der Waals surface area contributed by atoms with Crippen LogP contribution in [0, 0.1) is 13.8 Å². The van der Waals surface area contributed by atoms with Crippen molar-refractivity contribution in [3.8, 4) is 5.75 Å². The molecule has 2 atom stereocenters. The monoisotopic (exact) mass is 306 g/mol. The van der Waals surface area contributed by atoms with Crippen molar-refractivity contribution in [1.29, 1.82) is 0 Å². The number of aromatic hydroxyl groups is 1. The van der Waals surface area contributed by atoms with Crippen LogP contribution in [-0.4, -0.2) is 33.1 Å². The number of hydrogen-bond acceptors (Lipinski definition) is 4. The number of phenols is 1. The minimum Gasteiger partial charge on any atom is -0.507 e. The quantitative estimate of drug-likeness (QED) is 0.584. The van der Waals surface area contributed by atoms with E-state index in [-0.39, 0.29) is 12.4 Å². The average molecular weight is 306 g/mol. The third kappa shape index (κ3) is 5.32. The predicted molar refractivity (Wildman–Crippen MR) is 86.8 cm³/mol. The topological polar surface area (TPSA) is 80.9 Å². The Hall–Kier alpha value is -1.58. The second-order valence-corrected chi connectivity index (χ2v) is 5.60. The highest BCUT2D eigenvalue weighted by Crippen LogP contribution is 2.27. The maximum atomic E-state index is 10.2. The second kappa shape index (κ2) is 8.76. The highest BCUT2D eigenvalue weighted by Gasteiger charge is 2.10. The van der Waals surface area contributed by atoms with Crippen molar-refractivity contribution in [1.82, 2.24) is 0 Å². The minimum atomic E-state index is -0.761. The van der Waals surface area contributed by atoms with Crippen molar-refractivity contribution >= 4 is 0 Å². The van der Waals surface area contributed by atoms with Gasteiger partial charge in [-0.15, -0.1) is 5.73 Å². The zero-order valence-electron chi connectivity index (χ0n) is 13.5. The summed E-state index contributed by atoms with van der Waals surface area (Å²) in [6.07, 6.45) is 1.86. The third-order valence-corrected chi connectivity index (χ3v) is 3.67. The van der Waals surface area contributed by atoms with Crippen LogP contribution in [-0.2, 0) is 0 Å². The lowest BCUT2D eigenvalue weighted by atomic mass is 10.00. The number of rotatable bonds is 7. The molecule has 0 fully saturated rings. The first-order chi connectivity index (χ1) is 10.4. The fourth-order valence-electron chi connectivity index (χ4n) is 2.29. The number of aliphatic hydroxyl groups is 3. The Morgan fingerprint density at radius 2 is 1.82 bits per heavy atom. The van der Waals surface area contributed by atoms with E-state index in [1.54, 1.807) is 32.1 Å². The van der Waals surface area contributed by atoms with Crippen molar-refractivity contribution in [3.63, 3.8) is 0 Å².